The lowest BCUT2D eigenvalue weighted by Gasteiger charge is -2.17. The lowest BCUT2D eigenvalue weighted by Crippen LogP contribution is -2.18. The van der Waals surface area contributed by atoms with E-state index in [1.807, 2.05) is 13.0 Å². The molecular formula is C11H19NO. The van der Waals surface area contributed by atoms with E-state index in [1.54, 1.807) is 6.26 Å². The van der Waals surface area contributed by atoms with E-state index < -0.39 is 0 Å². The predicted octanol–water partition coefficient (Wildman–Crippen LogP) is 3.02. The van der Waals surface area contributed by atoms with Crippen molar-refractivity contribution in [2.75, 3.05) is 0 Å². The van der Waals surface area contributed by atoms with E-state index in [1.165, 1.54) is 12.8 Å². The molecule has 1 rings (SSSR count). The van der Waals surface area contributed by atoms with E-state index in [0.29, 0.717) is 5.92 Å². The van der Waals surface area contributed by atoms with Crippen molar-refractivity contribution in [1.82, 2.24) is 0 Å². The Morgan fingerprint density at radius 2 is 2.23 bits per heavy atom. The summed E-state index contributed by atoms with van der Waals surface area (Å²) in [5, 5.41) is 0. The minimum atomic E-state index is 0.123. The molecule has 0 radical (unpaired) electrons. The molecule has 1 aromatic heterocycles. The van der Waals surface area contributed by atoms with E-state index in [2.05, 4.69) is 13.8 Å². The normalized spacial score (nSPS) is 15.7. The van der Waals surface area contributed by atoms with Gasteiger partial charge in [0.25, 0.3) is 0 Å². The molecule has 0 saturated carbocycles. The summed E-state index contributed by atoms with van der Waals surface area (Å²) in [6.45, 7) is 6.32. The Balaban J connectivity index is 2.61. The van der Waals surface area contributed by atoms with Crippen LogP contribution in [0.3, 0.4) is 0 Å². The molecule has 0 bridgehead atoms. The Morgan fingerprint density at radius 3 is 2.69 bits per heavy atom. The highest BCUT2D eigenvalue weighted by atomic mass is 16.3. The van der Waals surface area contributed by atoms with Gasteiger partial charge in [0.05, 0.1) is 6.26 Å². The number of aryl methyl sites for hydroxylation is 1. The Hall–Kier alpha value is -0.760. The molecule has 0 aliphatic carbocycles. The van der Waals surface area contributed by atoms with Crippen molar-refractivity contribution in [3.05, 3.63) is 23.7 Å². The topological polar surface area (TPSA) is 39.2 Å². The van der Waals surface area contributed by atoms with E-state index in [4.69, 9.17) is 10.2 Å². The molecule has 1 heterocycles. The first-order valence-electron chi connectivity index (χ1n) is 4.95. The minimum absolute atomic E-state index is 0.123. The SMILES string of the molecule is CCCC(C)C(N)c1coc(C)c1. The van der Waals surface area contributed by atoms with Crippen LogP contribution in [0.2, 0.25) is 0 Å². The minimum Gasteiger partial charge on any atom is -0.469 e. The van der Waals surface area contributed by atoms with Gasteiger partial charge in [-0.2, -0.15) is 0 Å². The fraction of sp³-hybridized carbons (Fsp3) is 0.636. The summed E-state index contributed by atoms with van der Waals surface area (Å²) in [4.78, 5) is 0. The van der Waals surface area contributed by atoms with E-state index >= 15 is 0 Å². The fourth-order valence-electron chi connectivity index (χ4n) is 1.60. The Bertz CT molecular complexity index is 254. The van der Waals surface area contributed by atoms with Crippen LogP contribution >= 0.6 is 0 Å². The largest absolute Gasteiger partial charge is 0.469 e. The van der Waals surface area contributed by atoms with Crippen LogP contribution < -0.4 is 5.73 Å². The van der Waals surface area contributed by atoms with Gasteiger partial charge in [-0.3, -0.25) is 0 Å². The van der Waals surface area contributed by atoms with Crippen LogP contribution in [0.5, 0.6) is 0 Å². The number of nitrogens with two attached hydrogens (primary N) is 1. The molecule has 2 N–H and O–H groups in total. The van der Waals surface area contributed by atoms with Gasteiger partial charge < -0.3 is 10.2 Å². The standard InChI is InChI=1S/C11H19NO/c1-4-5-8(2)11(12)10-6-9(3)13-7-10/h6-8,11H,4-5,12H2,1-3H3. The van der Waals surface area contributed by atoms with Crippen molar-refractivity contribution in [3.8, 4) is 0 Å². The number of furan rings is 1. The maximum absolute atomic E-state index is 6.08. The van der Waals surface area contributed by atoms with Gasteiger partial charge >= 0.3 is 0 Å². The van der Waals surface area contributed by atoms with Gasteiger partial charge in [-0.15, -0.1) is 0 Å². The Labute approximate surface area is 80.1 Å². The van der Waals surface area contributed by atoms with E-state index in [0.717, 1.165) is 11.3 Å². The third-order valence-electron chi connectivity index (χ3n) is 2.49. The molecule has 74 valence electrons. The van der Waals surface area contributed by atoms with Crippen molar-refractivity contribution in [2.24, 2.45) is 11.7 Å². The summed E-state index contributed by atoms with van der Waals surface area (Å²) >= 11 is 0. The average Bonchev–Trinajstić information content (AvgIpc) is 2.51. The van der Waals surface area contributed by atoms with Crippen LogP contribution in [-0.4, -0.2) is 0 Å². The molecule has 13 heavy (non-hydrogen) atoms. The van der Waals surface area contributed by atoms with Crippen LogP contribution in [-0.2, 0) is 0 Å². The van der Waals surface area contributed by atoms with Gasteiger partial charge in [0, 0.05) is 11.6 Å². The first kappa shape index (κ1) is 10.3. The quantitative estimate of drug-likeness (QED) is 0.775. The highest BCUT2D eigenvalue weighted by Gasteiger charge is 2.15. The summed E-state index contributed by atoms with van der Waals surface area (Å²) in [7, 11) is 0. The molecule has 2 atom stereocenters. The lowest BCUT2D eigenvalue weighted by atomic mass is 9.93. The Morgan fingerprint density at radius 1 is 1.54 bits per heavy atom. The third kappa shape index (κ3) is 2.59. The molecule has 0 saturated heterocycles. The smallest absolute Gasteiger partial charge is 0.101 e. The van der Waals surface area contributed by atoms with E-state index in [-0.39, 0.29) is 6.04 Å². The highest BCUT2D eigenvalue weighted by molar-refractivity contribution is 5.16. The molecule has 0 aliphatic rings. The maximum atomic E-state index is 6.08. The van der Waals surface area contributed by atoms with Crippen LogP contribution in [0.25, 0.3) is 0 Å². The second kappa shape index (κ2) is 4.47. The molecule has 2 unspecified atom stereocenters. The maximum Gasteiger partial charge on any atom is 0.101 e. The number of rotatable bonds is 4. The molecule has 2 nitrogen and oxygen atoms in total. The van der Waals surface area contributed by atoms with Crippen LogP contribution in [0.1, 0.15) is 44.1 Å². The van der Waals surface area contributed by atoms with Gasteiger partial charge in [0.2, 0.25) is 0 Å². The monoisotopic (exact) mass is 181 g/mol. The third-order valence-corrected chi connectivity index (χ3v) is 2.49. The van der Waals surface area contributed by atoms with E-state index in [9.17, 15) is 0 Å². The molecule has 1 aromatic rings. The van der Waals surface area contributed by atoms with Crippen molar-refractivity contribution in [2.45, 2.75) is 39.7 Å². The van der Waals surface area contributed by atoms with Gasteiger partial charge in [-0.1, -0.05) is 20.3 Å². The average molecular weight is 181 g/mol. The van der Waals surface area contributed by atoms with Crippen molar-refractivity contribution < 1.29 is 4.42 Å². The summed E-state index contributed by atoms with van der Waals surface area (Å²) in [5.74, 6) is 1.47. The summed E-state index contributed by atoms with van der Waals surface area (Å²) in [6, 6.07) is 2.15. The molecule has 0 fully saturated rings. The molecule has 0 spiro atoms. The zero-order chi connectivity index (χ0) is 9.84. The van der Waals surface area contributed by atoms with Gasteiger partial charge in [0.1, 0.15) is 5.76 Å². The van der Waals surface area contributed by atoms with Crippen molar-refractivity contribution in [1.29, 1.82) is 0 Å². The lowest BCUT2D eigenvalue weighted by molar-refractivity contribution is 0.429. The fourth-order valence-corrected chi connectivity index (χ4v) is 1.60. The molecule has 0 aliphatic heterocycles. The molecule has 0 amide bonds. The predicted molar refractivity (Wildman–Crippen MR) is 54.4 cm³/mol. The number of hydrogen-bond donors (Lipinski definition) is 1. The first-order chi connectivity index (χ1) is 6.15. The van der Waals surface area contributed by atoms with Crippen LogP contribution in [0.15, 0.2) is 16.7 Å². The molecule has 2 heteroatoms. The molecule has 0 aromatic carbocycles. The van der Waals surface area contributed by atoms with Crippen LogP contribution in [0.4, 0.5) is 0 Å². The van der Waals surface area contributed by atoms with Crippen molar-refractivity contribution in [3.63, 3.8) is 0 Å². The number of hydrogen-bond acceptors (Lipinski definition) is 2. The second-order valence-electron chi connectivity index (χ2n) is 3.78. The Kier molecular flexibility index (Phi) is 3.55. The van der Waals surface area contributed by atoms with Gasteiger partial charge in [-0.25, -0.2) is 0 Å². The van der Waals surface area contributed by atoms with Crippen LogP contribution in [0, 0.1) is 12.8 Å². The first-order valence-corrected chi connectivity index (χ1v) is 4.95. The zero-order valence-electron chi connectivity index (χ0n) is 8.71. The second-order valence-corrected chi connectivity index (χ2v) is 3.78. The molecular weight excluding hydrogens is 162 g/mol. The van der Waals surface area contributed by atoms with Crippen molar-refractivity contribution >= 4 is 0 Å². The van der Waals surface area contributed by atoms with Gasteiger partial charge in [0.15, 0.2) is 0 Å². The summed E-state index contributed by atoms with van der Waals surface area (Å²) in [5.41, 5.74) is 7.20. The zero-order valence-corrected chi connectivity index (χ0v) is 8.71. The highest BCUT2D eigenvalue weighted by Crippen LogP contribution is 2.24. The summed E-state index contributed by atoms with van der Waals surface area (Å²) < 4.78 is 5.23. The summed E-state index contributed by atoms with van der Waals surface area (Å²) in [6.07, 6.45) is 4.13. The van der Waals surface area contributed by atoms with Gasteiger partial charge in [-0.05, 0) is 25.3 Å².